The van der Waals surface area contributed by atoms with E-state index in [1.807, 2.05) is 30.3 Å². The SMILES string of the molecule is COc1cc(OC)c(C=NNC(=O)c2cc3ccccc3cc2OC)c(OC)c1. The van der Waals surface area contributed by atoms with Crippen LogP contribution in [0.25, 0.3) is 10.8 Å². The Bertz CT molecular complexity index is 1040. The molecule has 0 radical (unpaired) electrons. The van der Waals surface area contributed by atoms with Gasteiger partial charge in [-0.3, -0.25) is 4.79 Å². The summed E-state index contributed by atoms with van der Waals surface area (Å²) >= 11 is 0. The second kappa shape index (κ2) is 8.97. The van der Waals surface area contributed by atoms with Gasteiger partial charge in [0.25, 0.3) is 5.91 Å². The van der Waals surface area contributed by atoms with Crippen LogP contribution in [0.2, 0.25) is 0 Å². The first kappa shape index (κ1) is 20.0. The molecule has 3 aromatic rings. The van der Waals surface area contributed by atoms with Crippen molar-refractivity contribution in [3.05, 3.63) is 59.7 Å². The van der Waals surface area contributed by atoms with Gasteiger partial charge in [0.15, 0.2) is 0 Å². The number of benzene rings is 3. The van der Waals surface area contributed by atoms with E-state index in [1.165, 1.54) is 27.5 Å². The number of rotatable bonds is 7. The van der Waals surface area contributed by atoms with Gasteiger partial charge in [-0.15, -0.1) is 0 Å². The zero-order valence-corrected chi connectivity index (χ0v) is 16.7. The van der Waals surface area contributed by atoms with E-state index in [1.54, 1.807) is 25.3 Å². The van der Waals surface area contributed by atoms with Crippen LogP contribution in [-0.2, 0) is 0 Å². The van der Waals surface area contributed by atoms with Gasteiger partial charge >= 0.3 is 0 Å². The molecule has 0 spiro atoms. The Morgan fingerprint density at radius 1 is 0.828 bits per heavy atom. The predicted molar refractivity (Wildman–Crippen MR) is 112 cm³/mol. The van der Waals surface area contributed by atoms with Crippen molar-refractivity contribution in [2.75, 3.05) is 28.4 Å². The number of fused-ring (bicyclic) bond motifs is 1. The van der Waals surface area contributed by atoms with Crippen LogP contribution in [0.1, 0.15) is 15.9 Å². The molecule has 0 aliphatic rings. The first-order chi connectivity index (χ1) is 14.1. The van der Waals surface area contributed by atoms with Gasteiger partial charge in [-0.25, -0.2) is 5.43 Å². The molecule has 1 N–H and O–H groups in total. The van der Waals surface area contributed by atoms with Gasteiger partial charge in [0.1, 0.15) is 23.0 Å². The topological polar surface area (TPSA) is 78.4 Å². The fraction of sp³-hybridized carbons (Fsp3) is 0.182. The molecule has 150 valence electrons. The smallest absolute Gasteiger partial charge is 0.275 e. The van der Waals surface area contributed by atoms with Crippen LogP contribution in [0.4, 0.5) is 0 Å². The van der Waals surface area contributed by atoms with E-state index >= 15 is 0 Å². The standard InChI is InChI=1S/C22H22N2O5/c1-26-16-11-20(28-3)18(21(12-16)29-4)13-23-24-22(25)17-9-14-7-5-6-8-15(14)10-19(17)27-2/h5-13H,1-4H3,(H,24,25). The summed E-state index contributed by atoms with van der Waals surface area (Å²) < 4.78 is 21.3. The van der Waals surface area contributed by atoms with Crippen LogP contribution in [0.15, 0.2) is 53.6 Å². The monoisotopic (exact) mass is 394 g/mol. The highest BCUT2D eigenvalue weighted by molar-refractivity contribution is 6.02. The third-order valence-electron chi connectivity index (χ3n) is 4.43. The molecule has 0 aromatic heterocycles. The minimum atomic E-state index is -0.393. The van der Waals surface area contributed by atoms with Gasteiger partial charge in [-0.2, -0.15) is 5.10 Å². The van der Waals surface area contributed by atoms with Crippen LogP contribution < -0.4 is 24.4 Å². The third kappa shape index (κ3) is 4.24. The molecule has 0 unspecified atom stereocenters. The molecule has 3 rings (SSSR count). The van der Waals surface area contributed by atoms with Crippen molar-refractivity contribution in [2.24, 2.45) is 5.10 Å². The lowest BCUT2D eigenvalue weighted by molar-refractivity contribution is 0.0952. The second-order valence-electron chi connectivity index (χ2n) is 6.04. The Morgan fingerprint density at radius 2 is 1.41 bits per heavy atom. The summed E-state index contributed by atoms with van der Waals surface area (Å²) in [7, 11) is 6.14. The molecule has 0 atom stereocenters. The molecule has 1 amide bonds. The molecular weight excluding hydrogens is 372 g/mol. The lowest BCUT2D eigenvalue weighted by Gasteiger charge is -2.12. The summed E-state index contributed by atoms with van der Waals surface area (Å²) in [5.41, 5.74) is 3.48. The Morgan fingerprint density at radius 3 is 1.97 bits per heavy atom. The molecule has 0 aliphatic carbocycles. The van der Waals surface area contributed by atoms with Gasteiger partial charge in [-0.05, 0) is 22.9 Å². The summed E-state index contributed by atoms with van der Waals surface area (Å²) in [5, 5.41) is 5.98. The second-order valence-corrected chi connectivity index (χ2v) is 6.04. The molecule has 7 nitrogen and oxygen atoms in total. The Kier molecular flexibility index (Phi) is 6.19. The first-order valence-corrected chi connectivity index (χ1v) is 8.81. The molecule has 0 heterocycles. The maximum atomic E-state index is 12.7. The van der Waals surface area contributed by atoms with E-state index in [4.69, 9.17) is 18.9 Å². The number of carbonyl (C=O) groups is 1. The highest BCUT2D eigenvalue weighted by atomic mass is 16.5. The zero-order valence-electron chi connectivity index (χ0n) is 16.7. The summed E-state index contributed by atoms with van der Waals surface area (Å²) in [4.78, 5) is 12.7. The minimum absolute atomic E-state index is 0.386. The fourth-order valence-corrected chi connectivity index (χ4v) is 2.94. The summed E-state index contributed by atoms with van der Waals surface area (Å²) in [6.07, 6.45) is 1.46. The Labute approximate surface area is 168 Å². The van der Waals surface area contributed by atoms with Gasteiger partial charge in [0.2, 0.25) is 0 Å². The zero-order chi connectivity index (χ0) is 20.8. The molecular formula is C22H22N2O5. The van der Waals surface area contributed by atoms with Gasteiger partial charge < -0.3 is 18.9 Å². The molecule has 0 saturated carbocycles. The lowest BCUT2D eigenvalue weighted by Crippen LogP contribution is -2.18. The van der Waals surface area contributed by atoms with Crippen molar-refractivity contribution < 1.29 is 23.7 Å². The number of carbonyl (C=O) groups excluding carboxylic acids is 1. The Hall–Kier alpha value is -3.74. The number of nitrogens with zero attached hydrogens (tertiary/aromatic N) is 1. The molecule has 7 heteroatoms. The van der Waals surface area contributed by atoms with Crippen molar-refractivity contribution >= 4 is 22.9 Å². The molecule has 0 aliphatic heterocycles. The van der Waals surface area contributed by atoms with Crippen molar-refractivity contribution in [3.8, 4) is 23.0 Å². The number of hydrogen-bond acceptors (Lipinski definition) is 6. The van der Waals surface area contributed by atoms with Crippen LogP contribution in [-0.4, -0.2) is 40.6 Å². The third-order valence-corrected chi connectivity index (χ3v) is 4.43. The van der Waals surface area contributed by atoms with Crippen LogP contribution in [0.3, 0.4) is 0 Å². The van der Waals surface area contributed by atoms with Gasteiger partial charge in [-0.1, -0.05) is 24.3 Å². The fourth-order valence-electron chi connectivity index (χ4n) is 2.94. The molecule has 3 aromatic carbocycles. The molecule has 0 bridgehead atoms. The number of hydrazone groups is 1. The number of amides is 1. The van der Waals surface area contributed by atoms with Gasteiger partial charge in [0.05, 0.1) is 45.8 Å². The van der Waals surface area contributed by atoms with E-state index < -0.39 is 5.91 Å². The molecule has 29 heavy (non-hydrogen) atoms. The number of ether oxygens (including phenoxy) is 4. The van der Waals surface area contributed by atoms with E-state index in [9.17, 15) is 4.79 Å². The first-order valence-electron chi connectivity index (χ1n) is 8.81. The quantitative estimate of drug-likeness (QED) is 0.489. The van der Waals surface area contributed by atoms with Crippen molar-refractivity contribution in [1.82, 2.24) is 5.43 Å². The van der Waals surface area contributed by atoms with E-state index in [-0.39, 0.29) is 0 Å². The van der Waals surface area contributed by atoms with E-state index in [2.05, 4.69) is 10.5 Å². The number of nitrogens with one attached hydrogen (secondary N) is 1. The number of methoxy groups -OCH3 is 4. The average molecular weight is 394 g/mol. The summed E-state index contributed by atoms with van der Waals surface area (Å²) in [6, 6.07) is 14.7. The van der Waals surface area contributed by atoms with Gasteiger partial charge in [0, 0.05) is 12.1 Å². The predicted octanol–water partition coefficient (Wildman–Crippen LogP) is 3.64. The van der Waals surface area contributed by atoms with E-state index in [0.29, 0.717) is 34.1 Å². The minimum Gasteiger partial charge on any atom is -0.496 e. The average Bonchev–Trinajstić information content (AvgIpc) is 2.77. The van der Waals surface area contributed by atoms with Crippen LogP contribution >= 0.6 is 0 Å². The maximum absolute atomic E-state index is 12.7. The molecule has 0 fully saturated rings. The molecule has 0 saturated heterocycles. The van der Waals surface area contributed by atoms with Crippen molar-refractivity contribution in [3.63, 3.8) is 0 Å². The van der Waals surface area contributed by atoms with Crippen LogP contribution in [0, 0.1) is 0 Å². The Balaban J connectivity index is 1.88. The number of hydrogen-bond donors (Lipinski definition) is 1. The maximum Gasteiger partial charge on any atom is 0.275 e. The van der Waals surface area contributed by atoms with Crippen molar-refractivity contribution in [2.45, 2.75) is 0 Å². The largest absolute Gasteiger partial charge is 0.496 e. The summed E-state index contributed by atoms with van der Waals surface area (Å²) in [6.45, 7) is 0. The highest BCUT2D eigenvalue weighted by Gasteiger charge is 2.14. The highest BCUT2D eigenvalue weighted by Crippen LogP contribution is 2.32. The normalized spacial score (nSPS) is 10.8. The summed E-state index contributed by atoms with van der Waals surface area (Å²) in [5.74, 6) is 1.66. The van der Waals surface area contributed by atoms with E-state index in [0.717, 1.165) is 10.8 Å². The van der Waals surface area contributed by atoms with Crippen LogP contribution in [0.5, 0.6) is 23.0 Å². The lowest BCUT2D eigenvalue weighted by atomic mass is 10.1. The van der Waals surface area contributed by atoms with Crippen molar-refractivity contribution in [1.29, 1.82) is 0 Å².